The second-order valence-electron chi connectivity index (χ2n) is 5.28. The van der Waals surface area contributed by atoms with E-state index >= 15 is 0 Å². The molecule has 2 rings (SSSR count). The summed E-state index contributed by atoms with van der Waals surface area (Å²) in [4.78, 5) is 9.47. The number of nitrogens with zero attached hydrogens (tertiary/aromatic N) is 5. The third kappa shape index (κ3) is 4.68. The van der Waals surface area contributed by atoms with Crippen molar-refractivity contribution in [2.75, 3.05) is 20.4 Å². The van der Waals surface area contributed by atoms with E-state index in [0.717, 1.165) is 16.4 Å². The topological polar surface area (TPSA) is 46.3 Å². The Balaban J connectivity index is 2.69. The molecule has 5 nitrogen and oxygen atoms in total. The Kier molecular flexibility index (Phi) is 5.54. The van der Waals surface area contributed by atoms with Gasteiger partial charge in [0.25, 0.3) is 5.95 Å². The van der Waals surface area contributed by atoms with E-state index in [1.54, 1.807) is 20.4 Å². The molecule has 0 spiro atoms. The first-order chi connectivity index (χ1) is 11.9. The van der Waals surface area contributed by atoms with Crippen molar-refractivity contribution >= 4 is 24.0 Å². The molecule has 0 amide bonds. The lowest BCUT2D eigenvalue weighted by atomic mass is 10.1. The van der Waals surface area contributed by atoms with Gasteiger partial charge in [-0.2, -0.15) is 36.0 Å². The second-order valence-corrected chi connectivity index (χ2v) is 6.06. The van der Waals surface area contributed by atoms with Gasteiger partial charge in [-0.15, -0.1) is 5.10 Å². The smallest absolute Gasteiger partial charge is 0.369 e. The molecule has 0 atom stereocenters. The minimum atomic E-state index is -4.95. The van der Waals surface area contributed by atoms with Gasteiger partial charge in [0, 0.05) is 14.1 Å². The third-order valence-corrected chi connectivity index (χ3v) is 3.51. The number of alkyl halides is 6. The maximum Gasteiger partial charge on any atom is 0.416 e. The Morgan fingerprint density at radius 1 is 1.04 bits per heavy atom. The Morgan fingerprint density at radius 3 is 2.00 bits per heavy atom. The molecule has 26 heavy (non-hydrogen) atoms. The van der Waals surface area contributed by atoms with E-state index in [9.17, 15) is 26.3 Å². The molecule has 142 valence electrons. The van der Waals surface area contributed by atoms with Crippen LogP contribution in [-0.2, 0) is 12.4 Å². The fourth-order valence-corrected chi connectivity index (χ4v) is 2.19. The van der Waals surface area contributed by atoms with Crippen molar-refractivity contribution < 1.29 is 26.3 Å². The minimum Gasteiger partial charge on any atom is -0.369 e. The number of aromatic nitrogens is 3. The lowest BCUT2D eigenvalue weighted by Gasteiger charge is -2.14. The summed E-state index contributed by atoms with van der Waals surface area (Å²) < 4.78 is 79.0. The van der Waals surface area contributed by atoms with Gasteiger partial charge in [-0.25, -0.2) is 4.99 Å². The summed E-state index contributed by atoms with van der Waals surface area (Å²) in [5, 5.41) is 4.08. The van der Waals surface area contributed by atoms with Crippen LogP contribution in [0.1, 0.15) is 11.1 Å². The molecule has 0 saturated heterocycles. The van der Waals surface area contributed by atoms with Crippen molar-refractivity contribution in [1.29, 1.82) is 0 Å². The normalized spacial score (nSPS) is 12.8. The average molecular weight is 397 g/mol. The SMILES string of the molecule is CSc1nc(/N=C/N(C)C)n(-c2cc(C(F)(F)F)cc(C(F)(F)F)c2)n1. The van der Waals surface area contributed by atoms with Crippen molar-refractivity contribution in [3.8, 4) is 5.69 Å². The van der Waals surface area contributed by atoms with Crippen LogP contribution in [0.25, 0.3) is 5.69 Å². The average Bonchev–Trinajstić information content (AvgIpc) is 2.94. The number of hydrogen-bond acceptors (Lipinski definition) is 4. The standard InChI is InChI=1S/C14H13F6N5S/c1-24(2)7-21-11-22-12(26-3)23-25(11)10-5-8(13(15,16)17)4-9(6-10)14(18,19)20/h4-7H,1-3H3/b21-7+. The van der Waals surface area contributed by atoms with Crippen molar-refractivity contribution in [2.45, 2.75) is 17.5 Å². The largest absolute Gasteiger partial charge is 0.416 e. The van der Waals surface area contributed by atoms with E-state index in [1.165, 1.54) is 11.2 Å². The molecule has 0 aliphatic rings. The van der Waals surface area contributed by atoms with Gasteiger partial charge in [0.2, 0.25) is 5.16 Å². The van der Waals surface area contributed by atoms with Crippen molar-refractivity contribution in [1.82, 2.24) is 19.7 Å². The summed E-state index contributed by atoms with van der Waals surface area (Å²) in [5.41, 5.74) is -3.32. The summed E-state index contributed by atoms with van der Waals surface area (Å²) in [6, 6.07) is 1.20. The summed E-state index contributed by atoms with van der Waals surface area (Å²) in [6.07, 6.45) is -6.98. The number of halogens is 6. The number of hydrogen-bond donors (Lipinski definition) is 0. The van der Waals surface area contributed by atoms with E-state index in [-0.39, 0.29) is 17.2 Å². The Labute approximate surface area is 148 Å². The zero-order valence-electron chi connectivity index (χ0n) is 13.7. The summed E-state index contributed by atoms with van der Waals surface area (Å²) >= 11 is 1.08. The first-order valence-corrected chi connectivity index (χ1v) is 8.16. The van der Waals surface area contributed by atoms with E-state index in [2.05, 4.69) is 15.1 Å². The minimum absolute atomic E-state index is 0.0542. The van der Waals surface area contributed by atoms with Crippen LogP contribution in [0.2, 0.25) is 0 Å². The maximum atomic E-state index is 13.0. The fraction of sp³-hybridized carbons (Fsp3) is 0.357. The van der Waals surface area contributed by atoms with Crippen LogP contribution in [0, 0.1) is 0 Å². The maximum absolute atomic E-state index is 13.0. The zero-order chi connectivity index (χ0) is 19.7. The van der Waals surface area contributed by atoms with Gasteiger partial charge in [0.05, 0.1) is 23.2 Å². The molecule has 0 aliphatic heterocycles. The van der Waals surface area contributed by atoms with Gasteiger partial charge in [-0.05, 0) is 24.5 Å². The van der Waals surface area contributed by atoms with Gasteiger partial charge in [0.1, 0.15) is 0 Å². The molecule has 0 saturated carbocycles. The summed E-state index contributed by atoms with van der Waals surface area (Å²) in [5.74, 6) is -0.143. The summed E-state index contributed by atoms with van der Waals surface area (Å²) in [7, 11) is 3.29. The fourth-order valence-electron chi connectivity index (χ4n) is 1.86. The van der Waals surface area contributed by atoms with Crippen LogP contribution in [0.3, 0.4) is 0 Å². The summed E-state index contributed by atoms with van der Waals surface area (Å²) in [6.45, 7) is 0. The van der Waals surface area contributed by atoms with Gasteiger partial charge < -0.3 is 4.90 Å². The highest BCUT2D eigenvalue weighted by Gasteiger charge is 2.37. The molecule has 2 aromatic rings. The van der Waals surface area contributed by atoms with Gasteiger partial charge in [-0.3, -0.25) is 0 Å². The lowest BCUT2D eigenvalue weighted by Crippen LogP contribution is -2.13. The van der Waals surface area contributed by atoms with Crippen LogP contribution in [0.15, 0.2) is 28.3 Å². The number of thioether (sulfide) groups is 1. The molecule has 1 aromatic heterocycles. The highest BCUT2D eigenvalue weighted by molar-refractivity contribution is 7.98. The Bertz CT molecular complexity index is 777. The van der Waals surface area contributed by atoms with Gasteiger partial charge >= 0.3 is 12.4 Å². The van der Waals surface area contributed by atoms with Crippen LogP contribution in [0.5, 0.6) is 0 Å². The van der Waals surface area contributed by atoms with E-state index < -0.39 is 29.2 Å². The van der Waals surface area contributed by atoms with Crippen LogP contribution in [0.4, 0.5) is 32.3 Å². The van der Waals surface area contributed by atoms with Crippen molar-refractivity contribution in [2.24, 2.45) is 4.99 Å². The van der Waals surface area contributed by atoms with Crippen LogP contribution < -0.4 is 0 Å². The second kappa shape index (κ2) is 7.17. The molecule has 0 aliphatic carbocycles. The predicted octanol–water partition coefficient (Wildman–Crippen LogP) is 4.25. The lowest BCUT2D eigenvalue weighted by molar-refractivity contribution is -0.143. The van der Waals surface area contributed by atoms with E-state index in [0.29, 0.717) is 12.1 Å². The molecule has 1 aromatic carbocycles. The number of rotatable bonds is 4. The molecule has 0 fully saturated rings. The quantitative estimate of drug-likeness (QED) is 0.335. The van der Waals surface area contributed by atoms with E-state index in [1.807, 2.05) is 0 Å². The third-order valence-electron chi connectivity index (χ3n) is 2.97. The molecule has 0 bridgehead atoms. The van der Waals surface area contributed by atoms with Gasteiger partial charge in [0.15, 0.2) is 0 Å². The molecular formula is C14H13F6N5S. The Hall–Kier alpha value is -2.24. The zero-order valence-corrected chi connectivity index (χ0v) is 14.5. The highest BCUT2D eigenvalue weighted by atomic mass is 32.2. The van der Waals surface area contributed by atoms with Crippen LogP contribution >= 0.6 is 11.8 Å². The molecule has 12 heteroatoms. The molecule has 0 radical (unpaired) electrons. The highest BCUT2D eigenvalue weighted by Crippen LogP contribution is 2.37. The first kappa shape index (κ1) is 20.1. The number of benzene rings is 1. The first-order valence-electron chi connectivity index (χ1n) is 6.93. The monoisotopic (exact) mass is 397 g/mol. The predicted molar refractivity (Wildman–Crippen MR) is 85.0 cm³/mol. The molecule has 1 heterocycles. The van der Waals surface area contributed by atoms with E-state index in [4.69, 9.17) is 0 Å². The molecule has 0 unspecified atom stereocenters. The van der Waals surface area contributed by atoms with Crippen molar-refractivity contribution in [3.05, 3.63) is 29.3 Å². The van der Waals surface area contributed by atoms with Gasteiger partial charge in [-0.1, -0.05) is 11.8 Å². The molecular weight excluding hydrogens is 384 g/mol. The molecule has 0 N–H and O–H groups in total. The van der Waals surface area contributed by atoms with Crippen molar-refractivity contribution in [3.63, 3.8) is 0 Å². The number of aliphatic imine (C=N–C) groups is 1. The van der Waals surface area contributed by atoms with Crippen LogP contribution in [-0.4, -0.2) is 46.4 Å². The Morgan fingerprint density at radius 2 is 1.58 bits per heavy atom.